The minimum Gasteiger partial charge on any atom is -0.389 e. The monoisotopic (exact) mass is 199 g/mol. The van der Waals surface area contributed by atoms with Crippen LogP contribution < -0.4 is 5.32 Å². The fourth-order valence-corrected chi connectivity index (χ4v) is 3.00. The van der Waals surface area contributed by atoms with Gasteiger partial charge in [-0.3, -0.25) is 0 Å². The van der Waals surface area contributed by atoms with Crippen LogP contribution in [0.15, 0.2) is 0 Å². The van der Waals surface area contributed by atoms with Gasteiger partial charge in [0, 0.05) is 6.54 Å². The van der Waals surface area contributed by atoms with Crippen LogP contribution in [0.3, 0.4) is 0 Å². The highest BCUT2D eigenvalue weighted by atomic mass is 16.3. The first kappa shape index (κ1) is 12.0. The molecule has 1 rings (SSSR count). The molecule has 1 fully saturated rings. The molecule has 2 heteroatoms. The Morgan fingerprint density at radius 2 is 2.00 bits per heavy atom. The maximum absolute atomic E-state index is 10.4. The van der Waals surface area contributed by atoms with Crippen molar-refractivity contribution in [3.63, 3.8) is 0 Å². The van der Waals surface area contributed by atoms with E-state index in [0.717, 1.165) is 5.92 Å². The average molecular weight is 199 g/mol. The number of nitrogens with one attached hydrogen (secondary N) is 1. The highest BCUT2D eigenvalue weighted by molar-refractivity contribution is 4.89. The largest absolute Gasteiger partial charge is 0.389 e. The summed E-state index contributed by atoms with van der Waals surface area (Å²) in [6.45, 7) is 4.95. The van der Waals surface area contributed by atoms with Crippen LogP contribution >= 0.6 is 0 Å². The van der Waals surface area contributed by atoms with Crippen molar-refractivity contribution in [1.29, 1.82) is 0 Å². The van der Waals surface area contributed by atoms with Crippen LogP contribution in [-0.2, 0) is 0 Å². The van der Waals surface area contributed by atoms with E-state index in [2.05, 4.69) is 12.2 Å². The first-order chi connectivity index (χ1) is 6.61. The molecule has 0 amide bonds. The first-order valence-electron chi connectivity index (χ1n) is 5.98. The Kier molecular flexibility index (Phi) is 4.39. The molecule has 1 aliphatic rings. The molecule has 0 aromatic carbocycles. The van der Waals surface area contributed by atoms with Gasteiger partial charge in [-0.15, -0.1) is 0 Å². The Morgan fingerprint density at radius 1 is 1.36 bits per heavy atom. The number of aliphatic hydroxyl groups is 1. The minimum atomic E-state index is -0.518. The molecule has 2 nitrogen and oxygen atoms in total. The van der Waals surface area contributed by atoms with Gasteiger partial charge in [0.05, 0.1) is 5.60 Å². The summed E-state index contributed by atoms with van der Waals surface area (Å²) in [6.07, 6.45) is 6.37. The third-order valence-electron chi connectivity index (χ3n) is 3.77. The second kappa shape index (κ2) is 5.13. The molecule has 2 N–H and O–H groups in total. The van der Waals surface area contributed by atoms with E-state index in [0.29, 0.717) is 12.5 Å². The van der Waals surface area contributed by atoms with Crippen molar-refractivity contribution in [2.24, 2.45) is 11.8 Å². The summed E-state index contributed by atoms with van der Waals surface area (Å²) in [6, 6.07) is 0. The van der Waals surface area contributed by atoms with E-state index in [1.807, 2.05) is 14.0 Å². The number of hydrogen-bond acceptors (Lipinski definition) is 2. The zero-order valence-electron chi connectivity index (χ0n) is 9.84. The SMILES string of the molecule is CCC1CCCCC1C(C)(O)CNC. The van der Waals surface area contributed by atoms with Crippen LogP contribution in [0.2, 0.25) is 0 Å². The van der Waals surface area contributed by atoms with E-state index in [-0.39, 0.29) is 0 Å². The van der Waals surface area contributed by atoms with Crippen LogP contribution in [0, 0.1) is 11.8 Å². The standard InChI is InChI=1S/C12H25NO/c1-4-10-7-5-6-8-11(10)12(2,14)9-13-3/h10-11,13-14H,4-9H2,1-3H3. The molecule has 0 saturated heterocycles. The molecule has 0 aliphatic heterocycles. The topological polar surface area (TPSA) is 32.3 Å². The van der Waals surface area contributed by atoms with Gasteiger partial charge in [0.2, 0.25) is 0 Å². The van der Waals surface area contributed by atoms with Gasteiger partial charge in [-0.05, 0) is 32.2 Å². The lowest BCUT2D eigenvalue weighted by Crippen LogP contribution is -2.47. The predicted molar refractivity (Wildman–Crippen MR) is 60.3 cm³/mol. The van der Waals surface area contributed by atoms with E-state index < -0.39 is 5.60 Å². The predicted octanol–water partition coefficient (Wildman–Crippen LogP) is 2.17. The van der Waals surface area contributed by atoms with E-state index >= 15 is 0 Å². The highest BCUT2D eigenvalue weighted by Crippen LogP contribution is 2.38. The summed E-state index contributed by atoms with van der Waals surface area (Å²) >= 11 is 0. The molecule has 1 saturated carbocycles. The number of rotatable bonds is 4. The number of likely N-dealkylation sites (N-methyl/N-ethyl adjacent to an activating group) is 1. The lowest BCUT2D eigenvalue weighted by molar-refractivity contribution is -0.0407. The third kappa shape index (κ3) is 2.71. The summed E-state index contributed by atoms with van der Waals surface area (Å²) in [5, 5.41) is 13.5. The fourth-order valence-electron chi connectivity index (χ4n) is 3.00. The van der Waals surface area contributed by atoms with Crippen molar-refractivity contribution in [3.05, 3.63) is 0 Å². The van der Waals surface area contributed by atoms with Gasteiger partial charge in [0.15, 0.2) is 0 Å². The van der Waals surface area contributed by atoms with Gasteiger partial charge in [-0.1, -0.05) is 32.6 Å². The van der Waals surface area contributed by atoms with Crippen LogP contribution in [-0.4, -0.2) is 24.3 Å². The van der Waals surface area contributed by atoms with Crippen molar-refractivity contribution >= 4 is 0 Å². The molecule has 14 heavy (non-hydrogen) atoms. The fraction of sp³-hybridized carbons (Fsp3) is 1.00. The normalized spacial score (nSPS) is 32.6. The Bertz CT molecular complexity index is 168. The molecule has 3 unspecified atom stereocenters. The molecule has 3 atom stereocenters. The van der Waals surface area contributed by atoms with Crippen molar-refractivity contribution in [3.8, 4) is 0 Å². The summed E-state index contributed by atoms with van der Waals surface area (Å²) in [4.78, 5) is 0. The van der Waals surface area contributed by atoms with E-state index in [1.54, 1.807) is 0 Å². The number of hydrogen-bond donors (Lipinski definition) is 2. The van der Waals surface area contributed by atoms with Gasteiger partial charge < -0.3 is 10.4 Å². The molecule has 0 bridgehead atoms. The summed E-state index contributed by atoms with van der Waals surface area (Å²) < 4.78 is 0. The highest BCUT2D eigenvalue weighted by Gasteiger charge is 2.37. The molecule has 0 spiro atoms. The van der Waals surface area contributed by atoms with Crippen molar-refractivity contribution in [1.82, 2.24) is 5.32 Å². The van der Waals surface area contributed by atoms with Crippen LogP contribution in [0.5, 0.6) is 0 Å². The zero-order chi connectivity index (χ0) is 10.6. The second-order valence-electron chi connectivity index (χ2n) is 4.95. The quantitative estimate of drug-likeness (QED) is 0.727. The molecule has 0 radical (unpaired) electrons. The molecule has 1 aliphatic carbocycles. The molecule has 0 aromatic rings. The van der Waals surface area contributed by atoms with Gasteiger partial charge in [-0.25, -0.2) is 0 Å². The lowest BCUT2D eigenvalue weighted by atomic mass is 9.69. The molecule has 0 heterocycles. The van der Waals surface area contributed by atoms with Crippen LogP contribution in [0.1, 0.15) is 46.0 Å². The minimum absolute atomic E-state index is 0.494. The van der Waals surface area contributed by atoms with E-state index in [1.165, 1.54) is 32.1 Å². The molecule has 84 valence electrons. The Hall–Kier alpha value is -0.0800. The second-order valence-corrected chi connectivity index (χ2v) is 4.95. The lowest BCUT2D eigenvalue weighted by Gasteiger charge is -2.41. The maximum Gasteiger partial charge on any atom is 0.0774 e. The molecular formula is C12H25NO. The average Bonchev–Trinajstić information content (AvgIpc) is 2.18. The van der Waals surface area contributed by atoms with Gasteiger partial charge in [0.1, 0.15) is 0 Å². The Labute approximate surface area is 88.1 Å². The Morgan fingerprint density at radius 3 is 2.57 bits per heavy atom. The zero-order valence-corrected chi connectivity index (χ0v) is 9.84. The van der Waals surface area contributed by atoms with Crippen LogP contribution in [0.25, 0.3) is 0 Å². The maximum atomic E-state index is 10.4. The summed E-state index contributed by atoms with van der Waals surface area (Å²) in [5.41, 5.74) is -0.518. The molecule has 0 aromatic heterocycles. The van der Waals surface area contributed by atoms with E-state index in [9.17, 15) is 5.11 Å². The molecular weight excluding hydrogens is 174 g/mol. The van der Waals surface area contributed by atoms with Crippen molar-refractivity contribution in [2.45, 2.75) is 51.6 Å². The first-order valence-corrected chi connectivity index (χ1v) is 5.98. The third-order valence-corrected chi connectivity index (χ3v) is 3.77. The van der Waals surface area contributed by atoms with Gasteiger partial charge in [-0.2, -0.15) is 0 Å². The van der Waals surface area contributed by atoms with Gasteiger partial charge >= 0.3 is 0 Å². The van der Waals surface area contributed by atoms with Crippen molar-refractivity contribution in [2.75, 3.05) is 13.6 Å². The van der Waals surface area contributed by atoms with Crippen LogP contribution in [0.4, 0.5) is 0 Å². The Balaban J connectivity index is 2.61. The summed E-state index contributed by atoms with van der Waals surface area (Å²) in [7, 11) is 1.91. The van der Waals surface area contributed by atoms with Gasteiger partial charge in [0.25, 0.3) is 0 Å². The summed E-state index contributed by atoms with van der Waals surface area (Å²) in [5.74, 6) is 1.22. The van der Waals surface area contributed by atoms with E-state index in [4.69, 9.17) is 0 Å². The smallest absolute Gasteiger partial charge is 0.0774 e. The van der Waals surface area contributed by atoms with Crippen molar-refractivity contribution < 1.29 is 5.11 Å².